The SMILES string of the molecule is CC1=C(O)C(=O)C=C2C1=CC=C1[C@@]2(C)CCC2[C@@H]3C[C@](C)(C(=O)F)CC[C@]3(C)CC[C@]12C. The maximum atomic E-state index is 14.1. The van der Waals surface area contributed by atoms with Crippen molar-refractivity contribution in [1.82, 2.24) is 0 Å². The molecule has 3 saturated carbocycles. The van der Waals surface area contributed by atoms with Gasteiger partial charge in [-0.25, -0.2) is 0 Å². The summed E-state index contributed by atoms with van der Waals surface area (Å²) in [4.78, 5) is 24.4. The molecule has 1 unspecified atom stereocenters. The van der Waals surface area contributed by atoms with E-state index in [0.29, 0.717) is 30.3 Å². The Labute approximate surface area is 190 Å². The maximum absolute atomic E-state index is 14.1. The van der Waals surface area contributed by atoms with Crippen LogP contribution in [-0.2, 0) is 9.59 Å². The molecule has 6 atom stereocenters. The van der Waals surface area contributed by atoms with Crippen molar-refractivity contribution in [1.29, 1.82) is 0 Å². The molecule has 172 valence electrons. The molecule has 0 aromatic rings. The van der Waals surface area contributed by atoms with Crippen molar-refractivity contribution in [2.45, 2.75) is 79.6 Å². The lowest BCUT2D eigenvalue weighted by Gasteiger charge is -2.64. The lowest BCUT2D eigenvalue weighted by molar-refractivity contribution is -0.153. The van der Waals surface area contributed by atoms with Crippen LogP contribution in [0.25, 0.3) is 0 Å². The van der Waals surface area contributed by atoms with Gasteiger partial charge in [-0.1, -0.05) is 38.5 Å². The monoisotopic (exact) mass is 438 g/mol. The average Bonchev–Trinajstić information content (AvgIpc) is 2.73. The number of carbonyl (C=O) groups excluding carboxylic acids is 2. The number of ketones is 1. The predicted octanol–water partition coefficient (Wildman–Crippen LogP) is 6.72. The normalized spacial score (nSPS) is 45.6. The lowest BCUT2D eigenvalue weighted by Crippen LogP contribution is -2.56. The van der Waals surface area contributed by atoms with Gasteiger partial charge in [0.05, 0.1) is 5.41 Å². The Morgan fingerprint density at radius 3 is 2.41 bits per heavy atom. The molecule has 5 aliphatic rings. The zero-order chi connectivity index (χ0) is 23.3. The standard InChI is InChI=1S/C28H35FO3/c1-16-17-6-7-22-27(4,19(17)14-21(30)23(16)31)9-8-18-20-15-26(3,24(29)32)11-10-25(20,2)12-13-28(18,22)5/h6-7,14,18,20,31H,8-13,15H2,1-5H3/t18?,20-,25+,26+,27-,28-/m0/s1. The maximum Gasteiger partial charge on any atom is 0.307 e. The van der Waals surface area contributed by atoms with Crippen molar-refractivity contribution in [2.24, 2.45) is 33.5 Å². The van der Waals surface area contributed by atoms with Crippen molar-refractivity contribution in [2.75, 3.05) is 0 Å². The van der Waals surface area contributed by atoms with Gasteiger partial charge in [0.1, 0.15) is 0 Å². The van der Waals surface area contributed by atoms with Gasteiger partial charge < -0.3 is 5.11 Å². The third kappa shape index (κ3) is 2.64. The quantitative estimate of drug-likeness (QED) is 0.462. The van der Waals surface area contributed by atoms with Gasteiger partial charge in [0.2, 0.25) is 5.78 Å². The molecular weight excluding hydrogens is 403 g/mol. The number of carbonyl (C=O) groups is 2. The molecule has 0 saturated heterocycles. The Hall–Kier alpha value is -1.97. The smallest absolute Gasteiger partial charge is 0.307 e. The van der Waals surface area contributed by atoms with Crippen LogP contribution in [0.15, 0.2) is 46.3 Å². The van der Waals surface area contributed by atoms with E-state index in [-0.39, 0.29) is 27.8 Å². The fourth-order valence-electron chi connectivity index (χ4n) is 8.22. The van der Waals surface area contributed by atoms with Crippen molar-refractivity contribution in [3.8, 4) is 0 Å². The second-order valence-electron chi connectivity index (χ2n) is 12.3. The number of hydrogen-bond donors (Lipinski definition) is 1. The summed E-state index contributed by atoms with van der Waals surface area (Å²) < 4.78 is 14.1. The van der Waals surface area contributed by atoms with Gasteiger partial charge in [0.25, 0.3) is 0 Å². The first-order chi connectivity index (χ1) is 14.9. The molecule has 5 rings (SSSR count). The minimum atomic E-state index is -1.15. The second kappa shape index (κ2) is 6.55. The third-order valence-corrected chi connectivity index (χ3v) is 10.5. The van der Waals surface area contributed by atoms with Crippen LogP contribution in [0.3, 0.4) is 0 Å². The van der Waals surface area contributed by atoms with Crippen LogP contribution in [0.1, 0.15) is 79.6 Å². The van der Waals surface area contributed by atoms with Gasteiger partial charge in [-0.05, 0) is 98.7 Å². The van der Waals surface area contributed by atoms with Crippen molar-refractivity contribution < 1.29 is 19.1 Å². The van der Waals surface area contributed by atoms with Crippen molar-refractivity contribution >= 4 is 11.8 Å². The first-order valence-corrected chi connectivity index (χ1v) is 12.2. The summed E-state index contributed by atoms with van der Waals surface area (Å²) in [5.41, 5.74) is 3.08. The first kappa shape index (κ1) is 21.9. The minimum absolute atomic E-state index is 0.0438. The van der Waals surface area contributed by atoms with Gasteiger partial charge in [0.15, 0.2) is 5.76 Å². The number of allylic oxidation sites excluding steroid dienone is 7. The van der Waals surface area contributed by atoms with E-state index < -0.39 is 11.5 Å². The van der Waals surface area contributed by atoms with E-state index in [4.69, 9.17) is 0 Å². The van der Waals surface area contributed by atoms with Crippen LogP contribution in [0.2, 0.25) is 0 Å². The number of halogens is 1. The topological polar surface area (TPSA) is 54.4 Å². The first-order valence-electron chi connectivity index (χ1n) is 12.2. The summed E-state index contributed by atoms with van der Waals surface area (Å²) in [5.74, 6) is 0.277. The van der Waals surface area contributed by atoms with Crippen molar-refractivity contribution in [3.63, 3.8) is 0 Å². The molecule has 0 bridgehead atoms. The van der Waals surface area contributed by atoms with Crippen molar-refractivity contribution in [3.05, 3.63) is 46.3 Å². The lowest BCUT2D eigenvalue weighted by atomic mass is 9.39. The molecular formula is C28H35FO3. The van der Waals surface area contributed by atoms with Crippen LogP contribution in [0.5, 0.6) is 0 Å². The largest absolute Gasteiger partial charge is 0.504 e. The van der Waals surface area contributed by atoms with Gasteiger partial charge in [-0.3, -0.25) is 9.59 Å². The van der Waals surface area contributed by atoms with Crippen LogP contribution < -0.4 is 0 Å². The average molecular weight is 439 g/mol. The summed E-state index contributed by atoms with van der Waals surface area (Å²) in [5, 5.41) is 10.2. The predicted molar refractivity (Wildman–Crippen MR) is 122 cm³/mol. The molecule has 4 heteroatoms. The van der Waals surface area contributed by atoms with E-state index in [0.717, 1.165) is 43.3 Å². The second-order valence-corrected chi connectivity index (χ2v) is 12.3. The van der Waals surface area contributed by atoms with E-state index >= 15 is 0 Å². The molecule has 0 aromatic carbocycles. The highest BCUT2D eigenvalue weighted by molar-refractivity contribution is 6.06. The molecule has 0 radical (unpaired) electrons. The fourth-order valence-corrected chi connectivity index (χ4v) is 8.22. The molecule has 0 aliphatic heterocycles. The highest BCUT2D eigenvalue weighted by atomic mass is 19.1. The zero-order valence-corrected chi connectivity index (χ0v) is 20.0. The number of rotatable bonds is 1. The summed E-state index contributed by atoms with van der Waals surface area (Å²) in [6.45, 7) is 10.6. The highest BCUT2D eigenvalue weighted by Crippen LogP contribution is 2.70. The van der Waals surface area contributed by atoms with E-state index in [9.17, 15) is 19.1 Å². The van der Waals surface area contributed by atoms with Gasteiger partial charge in [-0.2, -0.15) is 4.39 Å². The molecule has 0 heterocycles. The Morgan fingerprint density at radius 1 is 1.03 bits per heavy atom. The van der Waals surface area contributed by atoms with Gasteiger partial charge in [0, 0.05) is 11.0 Å². The number of aliphatic hydroxyl groups excluding tert-OH is 1. The molecule has 32 heavy (non-hydrogen) atoms. The molecule has 0 aromatic heterocycles. The molecule has 3 nitrogen and oxygen atoms in total. The Morgan fingerprint density at radius 2 is 1.72 bits per heavy atom. The molecule has 0 amide bonds. The molecule has 5 aliphatic carbocycles. The Kier molecular flexibility index (Phi) is 4.47. The van der Waals surface area contributed by atoms with Crippen LogP contribution >= 0.6 is 0 Å². The van der Waals surface area contributed by atoms with E-state index in [1.807, 2.05) is 13.8 Å². The molecule has 0 spiro atoms. The van der Waals surface area contributed by atoms with Crippen LogP contribution in [0.4, 0.5) is 4.39 Å². The fraction of sp³-hybridized carbons (Fsp3) is 0.643. The van der Waals surface area contributed by atoms with Gasteiger partial charge >= 0.3 is 6.04 Å². The summed E-state index contributed by atoms with van der Waals surface area (Å²) in [7, 11) is 0. The Balaban J connectivity index is 1.60. The van der Waals surface area contributed by atoms with E-state index in [1.54, 1.807) is 6.08 Å². The van der Waals surface area contributed by atoms with E-state index in [2.05, 4.69) is 32.9 Å². The molecule has 1 N–H and O–H groups in total. The summed E-state index contributed by atoms with van der Waals surface area (Å²) >= 11 is 0. The minimum Gasteiger partial charge on any atom is -0.504 e. The Bertz CT molecular complexity index is 1060. The van der Waals surface area contributed by atoms with E-state index in [1.165, 1.54) is 5.57 Å². The zero-order valence-electron chi connectivity index (χ0n) is 20.0. The molecule has 3 fully saturated rings. The van der Waals surface area contributed by atoms with Crippen LogP contribution in [0, 0.1) is 33.5 Å². The van der Waals surface area contributed by atoms with Gasteiger partial charge in [-0.15, -0.1) is 0 Å². The number of aliphatic hydroxyl groups is 1. The number of fused-ring (bicyclic) bond motifs is 7. The third-order valence-electron chi connectivity index (χ3n) is 10.5. The number of hydrogen-bond acceptors (Lipinski definition) is 3. The van der Waals surface area contributed by atoms with Crippen LogP contribution in [-0.4, -0.2) is 16.9 Å². The summed E-state index contributed by atoms with van der Waals surface area (Å²) in [6.07, 6.45) is 12.3. The summed E-state index contributed by atoms with van der Waals surface area (Å²) in [6, 6.07) is -1.15. The highest BCUT2D eigenvalue weighted by Gasteiger charge is 2.62.